The maximum atomic E-state index is 14.2. The maximum Gasteiger partial charge on any atom is 0.313 e. The summed E-state index contributed by atoms with van der Waals surface area (Å²) >= 11 is 0. The minimum Gasteiger partial charge on any atom is -0.497 e. The third kappa shape index (κ3) is 6.42. The Morgan fingerprint density at radius 1 is 0.795 bits per heavy atom. The fourth-order valence-electron chi connectivity index (χ4n) is 3.90. The normalized spacial score (nSPS) is 13.9. The highest BCUT2D eigenvalue weighted by Crippen LogP contribution is 2.42. The molecule has 2 aromatic rings. The highest BCUT2D eigenvalue weighted by molar-refractivity contribution is 6.05. The number of nitrogens with zero attached hydrogens (tertiary/aromatic N) is 4. The van der Waals surface area contributed by atoms with Crippen LogP contribution in [-0.2, 0) is 9.59 Å². The minimum absolute atomic E-state index is 0.0736. The van der Waals surface area contributed by atoms with E-state index in [9.17, 15) is 19.2 Å². The van der Waals surface area contributed by atoms with Gasteiger partial charge in [-0.1, -0.05) is 27.7 Å². The van der Waals surface area contributed by atoms with Crippen molar-refractivity contribution in [1.82, 2.24) is 19.3 Å². The third-order valence-corrected chi connectivity index (χ3v) is 6.36. The largest absolute Gasteiger partial charge is 0.497 e. The van der Waals surface area contributed by atoms with Crippen molar-refractivity contribution in [3.8, 4) is 22.9 Å². The number of carbonyl (C=O) groups excluding carboxylic acids is 4. The van der Waals surface area contributed by atoms with E-state index in [2.05, 4.69) is 4.90 Å². The van der Waals surface area contributed by atoms with Crippen molar-refractivity contribution in [1.29, 1.82) is 0 Å². The Kier molecular flexibility index (Phi) is 9.39. The Morgan fingerprint density at radius 3 is 1.72 bits per heavy atom. The summed E-state index contributed by atoms with van der Waals surface area (Å²) in [4.78, 5) is 58.7. The number of ether oxygens (including phenoxy) is 3. The van der Waals surface area contributed by atoms with E-state index < -0.39 is 35.6 Å². The van der Waals surface area contributed by atoms with Crippen LogP contribution in [0, 0.1) is 11.8 Å². The zero-order chi connectivity index (χ0) is 29.0. The molecule has 0 bridgehead atoms. The van der Waals surface area contributed by atoms with Crippen molar-refractivity contribution in [2.75, 3.05) is 54.4 Å². The molecule has 212 valence electrons. The molecule has 3 rings (SSSR count). The summed E-state index contributed by atoms with van der Waals surface area (Å²) in [6.07, 6.45) is 0. The van der Waals surface area contributed by atoms with Crippen LogP contribution in [-0.4, -0.2) is 97.5 Å². The summed E-state index contributed by atoms with van der Waals surface area (Å²) < 4.78 is 18.2. The van der Waals surface area contributed by atoms with Crippen LogP contribution in [0.4, 0.5) is 0 Å². The molecule has 1 fully saturated rings. The molecule has 11 heteroatoms. The predicted octanol–water partition coefficient (Wildman–Crippen LogP) is 2.70. The molecular formula is C28H38N4O7. The molecule has 0 saturated carbocycles. The lowest BCUT2D eigenvalue weighted by Crippen LogP contribution is -2.47. The number of rotatable bonds is 8. The first-order valence-corrected chi connectivity index (χ1v) is 12.9. The Hall–Kier alpha value is -3.86. The van der Waals surface area contributed by atoms with Crippen molar-refractivity contribution < 1.29 is 33.4 Å². The second-order valence-electron chi connectivity index (χ2n) is 10.3. The number of hydrogen-bond donors (Lipinski definition) is 0. The van der Waals surface area contributed by atoms with Gasteiger partial charge in [0.2, 0.25) is 11.5 Å². The molecule has 39 heavy (non-hydrogen) atoms. The number of aromatic nitrogens is 1. The molecule has 0 spiro atoms. The standard InChI is InChI=1S/C28H38N4O7/c1-17(2)27(35)38-23-21(25(33)29(5)6)32(19-9-11-20(37-8)12-10-19)22(24(23)39-28(36)18(3)4)26(34)31-15-13-30(7)14-16-31/h9-12,17-18H,13-16H2,1-8H3. The average Bonchev–Trinajstić information content (AvgIpc) is 3.21. The summed E-state index contributed by atoms with van der Waals surface area (Å²) in [6, 6.07) is 6.72. The van der Waals surface area contributed by atoms with E-state index in [0.717, 1.165) is 0 Å². The van der Waals surface area contributed by atoms with Gasteiger partial charge in [0, 0.05) is 46.0 Å². The summed E-state index contributed by atoms with van der Waals surface area (Å²) in [7, 11) is 6.59. The minimum atomic E-state index is -0.643. The first-order chi connectivity index (χ1) is 18.4. The molecule has 0 atom stereocenters. The van der Waals surface area contributed by atoms with E-state index in [1.54, 1.807) is 71.0 Å². The number of methoxy groups -OCH3 is 1. The number of hydrogen-bond acceptors (Lipinski definition) is 8. The average molecular weight is 543 g/mol. The first-order valence-electron chi connectivity index (χ1n) is 12.9. The van der Waals surface area contributed by atoms with Gasteiger partial charge in [-0.2, -0.15) is 0 Å². The molecular weight excluding hydrogens is 504 g/mol. The third-order valence-electron chi connectivity index (χ3n) is 6.36. The van der Waals surface area contributed by atoms with Gasteiger partial charge in [0.1, 0.15) is 5.75 Å². The van der Waals surface area contributed by atoms with Crippen LogP contribution >= 0.6 is 0 Å². The van der Waals surface area contributed by atoms with Gasteiger partial charge in [0.15, 0.2) is 11.4 Å². The monoisotopic (exact) mass is 542 g/mol. The van der Waals surface area contributed by atoms with Crippen LogP contribution in [0.5, 0.6) is 17.2 Å². The molecule has 0 aliphatic carbocycles. The van der Waals surface area contributed by atoms with Crippen molar-refractivity contribution in [2.45, 2.75) is 27.7 Å². The highest BCUT2D eigenvalue weighted by atomic mass is 16.6. The Bertz CT molecular complexity index is 1220. The fraction of sp³-hybridized carbons (Fsp3) is 0.500. The molecule has 1 saturated heterocycles. The van der Waals surface area contributed by atoms with Gasteiger partial charge in [0.05, 0.1) is 18.9 Å². The quantitative estimate of drug-likeness (QED) is 0.469. The van der Waals surface area contributed by atoms with Crippen LogP contribution < -0.4 is 14.2 Å². The zero-order valence-electron chi connectivity index (χ0n) is 23.9. The zero-order valence-corrected chi connectivity index (χ0v) is 23.9. The number of benzene rings is 1. The van der Waals surface area contributed by atoms with Gasteiger partial charge in [0.25, 0.3) is 11.8 Å². The van der Waals surface area contributed by atoms with Crippen LogP contribution in [0.15, 0.2) is 24.3 Å². The van der Waals surface area contributed by atoms with Crippen LogP contribution in [0.1, 0.15) is 48.7 Å². The molecule has 1 aromatic carbocycles. The summed E-state index contributed by atoms with van der Waals surface area (Å²) in [5.41, 5.74) is 0.242. The number of likely N-dealkylation sites (N-methyl/N-ethyl adjacent to an activating group) is 1. The van der Waals surface area contributed by atoms with Crippen LogP contribution in [0.3, 0.4) is 0 Å². The Morgan fingerprint density at radius 2 is 1.28 bits per heavy atom. The maximum absolute atomic E-state index is 14.2. The second-order valence-corrected chi connectivity index (χ2v) is 10.3. The first kappa shape index (κ1) is 29.7. The molecule has 0 N–H and O–H groups in total. The fourth-order valence-corrected chi connectivity index (χ4v) is 3.90. The summed E-state index contributed by atoms with van der Waals surface area (Å²) in [6.45, 7) is 8.74. The van der Waals surface area contributed by atoms with E-state index in [1.807, 2.05) is 7.05 Å². The lowest BCUT2D eigenvalue weighted by Gasteiger charge is -2.32. The topological polar surface area (TPSA) is 111 Å². The van der Waals surface area contributed by atoms with E-state index in [1.165, 1.54) is 16.6 Å². The van der Waals surface area contributed by atoms with E-state index in [4.69, 9.17) is 14.2 Å². The number of piperazine rings is 1. The molecule has 2 amide bonds. The summed E-state index contributed by atoms with van der Waals surface area (Å²) in [5, 5.41) is 0. The lowest BCUT2D eigenvalue weighted by atomic mass is 10.2. The highest BCUT2D eigenvalue weighted by Gasteiger charge is 2.39. The van der Waals surface area contributed by atoms with Crippen molar-refractivity contribution in [3.05, 3.63) is 35.7 Å². The molecule has 11 nitrogen and oxygen atoms in total. The smallest absolute Gasteiger partial charge is 0.313 e. The second kappa shape index (κ2) is 12.3. The molecule has 1 aliphatic heterocycles. The summed E-state index contributed by atoms with van der Waals surface area (Å²) in [5.74, 6) is -3.35. The number of amides is 2. The van der Waals surface area contributed by atoms with Gasteiger partial charge in [-0.05, 0) is 31.3 Å². The number of carbonyl (C=O) groups is 4. The lowest BCUT2D eigenvalue weighted by molar-refractivity contribution is -0.140. The van der Waals surface area contributed by atoms with Gasteiger partial charge in [-0.15, -0.1) is 0 Å². The number of esters is 2. The van der Waals surface area contributed by atoms with Crippen LogP contribution in [0.25, 0.3) is 5.69 Å². The van der Waals surface area contributed by atoms with Crippen molar-refractivity contribution in [2.24, 2.45) is 11.8 Å². The van der Waals surface area contributed by atoms with Crippen molar-refractivity contribution in [3.63, 3.8) is 0 Å². The van der Waals surface area contributed by atoms with E-state index in [-0.39, 0.29) is 22.9 Å². The Balaban J connectivity index is 2.41. The molecule has 2 heterocycles. The predicted molar refractivity (Wildman–Crippen MR) is 145 cm³/mol. The van der Waals surface area contributed by atoms with E-state index in [0.29, 0.717) is 37.6 Å². The molecule has 0 unspecified atom stereocenters. The van der Waals surface area contributed by atoms with Crippen molar-refractivity contribution >= 4 is 23.8 Å². The van der Waals surface area contributed by atoms with Gasteiger partial charge in [-0.3, -0.25) is 23.7 Å². The molecule has 1 aromatic heterocycles. The molecule has 0 radical (unpaired) electrons. The molecule has 1 aliphatic rings. The van der Waals surface area contributed by atoms with Gasteiger partial charge < -0.3 is 28.9 Å². The van der Waals surface area contributed by atoms with Gasteiger partial charge >= 0.3 is 11.9 Å². The SMILES string of the molecule is COc1ccc(-n2c(C(=O)N(C)C)c(OC(=O)C(C)C)c(OC(=O)C(C)C)c2C(=O)N2CCN(C)CC2)cc1. The van der Waals surface area contributed by atoms with E-state index >= 15 is 0 Å². The van der Waals surface area contributed by atoms with Gasteiger partial charge in [-0.25, -0.2) is 0 Å². The Labute approximate surface area is 229 Å². The van der Waals surface area contributed by atoms with Crippen LogP contribution in [0.2, 0.25) is 0 Å².